The van der Waals surface area contributed by atoms with Crippen LogP contribution in [0.25, 0.3) is 0 Å². The number of aldehydes is 1. The maximum absolute atomic E-state index is 13.1. The molecule has 34 heavy (non-hydrogen) atoms. The van der Waals surface area contributed by atoms with Crippen LogP contribution in [0, 0.1) is 11.2 Å². The fraction of sp³-hybridized carbons (Fsp3) is 0.174. The lowest BCUT2D eigenvalue weighted by molar-refractivity contribution is -0.112. The Hall–Kier alpha value is -2.09. The Morgan fingerprint density at radius 2 is 1.68 bits per heavy atom. The van der Waals surface area contributed by atoms with E-state index < -0.39 is 27.4 Å². The summed E-state index contributed by atoms with van der Waals surface area (Å²) in [7, 11) is 0. The molecule has 0 saturated heterocycles. The molecule has 0 bridgehead atoms. The van der Waals surface area contributed by atoms with Crippen LogP contribution in [0.3, 0.4) is 0 Å². The Bertz CT molecular complexity index is 1250. The standard InChI is InChI=1S/C23H15Cl5FN3O2/c24-13-7-12(8-14(25)9-13)20-22(11-33,23(20,27)28)10-30-18-6-5-17(26)19(32-18)21(34)31-16-3-1-15(29)2-4-16/h1-9,11,20H,10H2,(H,30,32)(H,31,34). The highest BCUT2D eigenvalue weighted by molar-refractivity contribution is 6.54. The Balaban J connectivity index is 1.53. The number of alkyl halides is 2. The topological polar surface area (TPSA) is 71.1 Å². The van der Waals surface area contributed by atoms with Crippen molar-refractivity contribution >= 4 is 81.7 Å². The summed E-state index contributed by atoms with van der Waals surface area (Å²) in [4.78, 5) is 29.0. The first-order valence-electron chi connectivity index (χ1n) is 9.85. The van der Waals surface area contributed by atoms with E-state index in [1.807, 2.05) is 0 Å². The van der Waals surface area contributed by atoms with E-state index in [1.165, 1.54) is 30.3 Å². The molecule has 176 valence electrons. The zero-order valence-electron chi connectivity index (χ0n) is 17.1. The number of carbonyl (C=O) groups excluding carboxylic acids is 2. The number of pyridine rings is 1. The van der Waals surface area contributed by atoms with Crippen LogP contribution in [-0.4, -0.2) is 28.1 Å². The lowest BCUT2D eigenvalue weighted by Crippen LogP contribution is -2.24. The number of nitrogens with one attached hydrogen (secondary N) is 2. The summed E-state index contributed by atoms with van der Waals surface area (Å²) < 4.78 is 11.7. The number of rotatable bonds is 7. The quantitative estimate of drug-likeness (QED) is 0.241. The van der Waals surface area contributed by atoms with Gasteiger partial charge in [0.2, 0.25) is 0 Å². The van der Waals surface area contributed by atoms with Gasteiger partial charge in [-0.2, -0.15) is 0 Å². The normalized spacial score (nSPS) is 20.5. The van der Waals surface area contributed by atoms with Gasteiger partial charge in [-0.15, -0.1) is 0 Å². The molecule has 1 fully saturated rings. The van der Waals surface area contributed by atoms with E-state index in [-0.39, 0.29) is 23.1 Å². The predicted molar refractivity (Wildman–Crippen MR) is 134 cm³/mol. The third-order valence-electron chi connectivity index (χ3n) is 5.57. The average molecular weight is 562 g/mol. The SMILES string of the molecule is O=CC1(CNc2ccc(Cl)c(C(=O)Nc3ccc(F)cc3)n2)C(c2cc(Cl)cc(Cl)c2)C1(Cl)Cl. The number of hydrogen-bond donors (Lipinski definition) is 2. The molecule has 1 aliphatic rings. The van der Waals surface area contributed by atoms with Crippen molar-refractivity contribution in [1.82, 2.24) is 4.98 Å². The highest BCUT2D eigenvalue weighted by Crippen LogP contribution is 2.73. The smallest absolute Gasteiger partial charge is 0.275 e. The Labute approximate surface area is 219 Å². The lowest BCUT2D eigenvalue weighted by Gasteiger charge is -2.14. The van der Waals surface area contributed by atoms with Gasteiger partial charge in [0.1, 0.15) is 27.9 Å². The van der Waals surface area contributed by atoms with Gasteiger partial charge < -0.3 is 15.4 Å². The van der Waals surface area contributed by atoms with Crippen molar-refractivity contribution < 1.29 is 14.0 Å². The monoisotopic (exact) mass is 559 g/mol. The Morgan fingerprint density at radius 3 is 2.29 bits per heavy atom. The molecule has 4 rings (SSSR count). The summed E-state index contributed by atoms with van der Waals surface area (Å²) >= 11 is 31.4. The first kappa shape index (κ1) is 25.0. The number of carbonyl (C=O) groups is 2. The van der Waals surface area contributed by atoms with Crippen LogP contribution in [0.1, 0.15) is 22.0 Å². The number of benzene rings is 2. The van der Waals surface area contributed by atoms with Crippen LogP contribution >= 0.6 is 58.0 Å². The predicted octanol–water partition coefficient (Wildman–Crippen LogP) is 7.00. The second-order valence-corrected chi connectivity index (χ2v) is 10.4. The average Bonchev–Trinajstić information content (AvgIpc) is 3.28. The molecule has 1 saturated carbocycles. The molecule has 3 aromatic rings. The maximum atomic E-state index is 13.1. The van der Waals surface area contributed by atoms with Gasteiger partial charge in [-0.05, 0) is 60.2 Å². The maximum Gasteiger partial charge on any atom is 0.275 e. The molecule has 0 spiro atoms. The molecule has 5 nitrogen and oxygen atoms in total. The fourth-order valence-corrected chi connectivity index (χ4v) is 5.50. The van der Waals surface area contributed by atoms with E-state index in [0.29, 0.717) is 27.6 Å². The van der Waals surface area contributed by atoms with E-state index in [9.17, 15) is 14.0 Å². The van der Waals surface area contributed by atoms with Gasteiger partial charge in [-0.25, -0.2) is 9.37 Å². The van der Waals surface area contributed by atoms with E-state index in [2.05, 4.69) is 15.6 Å². The minimum absolute atomic E-state index is 0.0198. The molecular formula is C23H15Cl5FN3O2. The summed E-state index contributed by atoms with van der Waals surface area (Å²) in [6.07, 6.45) is 0.692. The second kappa shape index (κ2) is 9.51. The molecule has 2 atom stereocenters. The molecule has 0 aliphatic heterocycles. The zero-order chi connectivity index (χ0) is 24.7. The van der Waals surface area contributed by atoms with Crippen molar-refractivity contribution in [3.63, 3.8) is 0 Å². The number of nitrogens with zero attached hydrogens (tertiary/aromatic N) is 1. The van der Waals surface area contributed by atoms with E-state index in [4.69, 9.17) is 58.0 Å². The minimum atomic E-state index is -1.41. The largest absolute Gasteiger partial charge is 0.369 e. The molecule has 1 aromatic heterocycles. The van der Waals surface area contributed by atoms with Gasteiger partial charge in [-0.1, -0.05) is 58.0 Å². The molecule has 2 aromatic carbocycles. The lowest BCUT2D eigenvalue weighted by atomic mass is 10.0. The van der Waals surface area contributed by atoms with Crippen LogP contribution in [0.2, 0.25) is 15.1 Å². The summed E-state index contributed by atoms with van der Waals surface area (Å²) in [6, 6.07) is 13.2. The van der Waals surface area contributed by atoms with E-state index in [0.717, 1.165) is 0 Å². The van der Waals surface area contributed by atoms with Crippen LogP contribution in [0.4, 0.5) is 15.9 Å². The van der Waals surface area contributed by atoms with Crippen molar-refractivity contribution in [3.8, 4) is 0 Å². The highest BCUT2D eigenvalue weighted by Gasteiger charge is 2.76. The highest BCUT2D eigenvalue weighted by atomic mass is 35.5. The summed E-state index contributed by atoms with van der Waals surface area (Å²) in [6.45, 7) is 0.0198. The van der Waals surface area contributed by atoms with Crippen LogP contribution in [0.5, 0.6) is 0 Å². The number of halogens is 6. The second-order valence-electron chi connectivity index (χ2n) is 7.76. The van der Waals surface area contributed by atoms with Crippen LogP contribution in [-0.2, 0) is 4.79 Å². The van der Waals surface area contributed by atoms with Crippen LogP contribution in [0.15, 0.2) is 54.6 Å². The Morgan fingerprint density at radius 1 is 1.03 bits per heavy atom. The van der Waals surface area contributed by atoms with E-state index in [1.54, 1.807) is 24.3 Å². The minimum Gasteiger partial charge on any atom is -0.369 e. The summed E-state index contributed by atoms with van der Waals surface area (Å²) in [5, 5.41) is 6.50. The third kappa shape index (κ3) is 4.70. The van der Waals surface area contributed by atoms with Gasteiger partial charge in [0.25, 0.3) is 5.91 Å². The molecule has 2 unspecified atom stereocenters. The third-order valence-corrected chi connectivity index (χ3v) is 7.45. The number of aromatic nitrogens is 1. The molecule has 1 heterocycles. The zero-order valence-corrected chi connectivity index (χ0v) is 20.9. The van der Waals surface area contributed by atoms with Gasteiger partial charge in [-0.3, -0.25) is 4.79 Å². The van der Waals surface area contributed by atoms with Gasteiger partial charge >= 0.3 is 0 Å². The van der Waals surface area contributed by atoms with Crippen molar-refractivity contribution in [3.05, 3.63) is 86.7 Å². The van der Waals surface area contributed by atoms with Crippen molar-refractivity contribution in [2.24, 2.45) is 5.41 Å². The molecule has 1 aliphatic carbocycles. The molecule has 11 heteroatoms. The van der Waals surface area contributed by atoms with E-state index >= 15 is 0 Å². The van der Waals surface area contributed by atoms with Crippen LogP contribution < -0.4 is 10.6 Å². The van der Waals surface area contributed by atoms with Crippen molar-refractivity contribution in [1.29, 1.82) is 0 Å². The number of hydrogen-bond acceptors (Lipinski definition) is 4. The van der Waals surface area contributed by atoms with Gasteiger partial charge in [0.15, 0.2) is 0 Å². The fourth-order valence-electron chi connectivity index (χ4n) is 3.79. The molecule has 2 N–H and O–H groups in total. The number of amides is 1. The molecule has 1 amide bonds. The Kier molecular flexibility index (Phi) is 7.00. The number of anilines is 2. The van der Waals surface area contributed by atoms with Gasteiger partial charge in [0.05, 0.1) is 10.4 Å². The van der Waals surface area contributed by atoms with Gasteiger partial charge in [0, 0.05) is 28.2 Å². The first-order chi connectivity index (χ1) is 16.1. The van der Waals surface area contributed by atoms with Crippen molar-refractivity contribution in [2.75, 3.05) is 17.2 Å². The summed E-state index contributed by atoms with van der Waals surface area (Å²) in [5.41, 5.74) is -0.257. The molecule has 0 radical (unpaired) electrons. The first-order valence-corrected chi connectivity index (χ1v) is 11.7. The summed E-state index contributed by atoms with van der Waals surface area (Å²) in [5.74, 6) is -1.32. The molecular weight excluding hydrogens is 547 g/mol. The van der Waals surface area contributed by atoms with Crippen molar-refractivity contribution in [2.45, 2.75) is 10.3 Å².